The Balaban J connectivity index is 1.58. The summed E-state index contributed by atoms with van der Waals surface area (Å²) < 4.78 is 58.3. The molecule has 1 aliphatic heterocycles. The molecule has 2 aromatic rings. The van der Waals surface area contributed by atoms with Gasteiger partial charge >= 0.3 is 0 Å². The van der Waals surface area contributed by atoms with Crippen molar-refractivity contribution in [2.75, 3.05) is 33.8 Å². The van der Waals surface area contributed by atoms with Gasteiger partial charge < -0.3 is 10.1 Å². The number of amides is 1. The number of ether oxygens (including phenoxy) is 1. The number of nitrogens with one attached hydrogen (secondary N) is 1. The van der Waals surface area contributed by atoms with E-state index in [2.05, 4.69) is 5.32 Å². The molecule has 1 fully saturated rings. The Hall–Kier alpha value is -2.47. The third-order valence-electron chi connectivity index (χ3n) is 5.56. The van der Waals surface area contributed by atoms with Crippen LogP contribution in [-0.2, 0) is 31.4 Å². The van der Waals surface area contributed by atoms with Gasteiger partial charge in [0.15, 0.2) is 0 Å². The molecule has 1 saturated heterocycles. The minimum Gasteiger partial charge on any atom is -0.496 e. The van der Waals surface area contributed by atoms with Gasteiger partial charge in [-0.3, -0.25) is 4.79 Å². The minimum atomic E-state index is -3.85. The van der Waals surface area contributed by atoms with E-state index in [1.54, 1.807) is 25.1 Å². The van der Waals surface area contributed by atoms with Crippen LogP contribution in [0.4, 0.5) is 0 Å². The van der Waals surface area contributed by atoms with Gasteiger partial charge in [-0.05, 0) is 61.2 Å². The fourth-order valence-electron chi connectivity index (χ4n) is 3.59. The molecular formula is C22H29N3O6S2. The summed E-state index contributed by atoms with van der Waals surface area (Å²) >= 11 is 0. The van der Waals surface area contributed by atoms with Crippen molar-refractivity contribution in [2.45, 2.75) is 36.1 Å². The summed E-state index contributed by atoms with van der Waals surface area (Å²) in [6.45, 7) is 2.61. The van der Waals surface area contributed by atoms with Gasteiger partial charge in [-0.25, -0.2) is 16.8 Å². The number of hydrogen-bond donors (Lipinski definition) is 1. The molecule has 0 radical (unpaired) electrons. The maximum atomic E-state index is 12.8. The van der Waals surface area contributed by atoms with Crippen LogP contribution in [0.3, 0.4) is 0 Å². The Morgan fingerprint density at radius 1 is 1.03 bits per heavy atom. The summed E-state index contributed by atoms with van der Waals surface area (Å²) in [5.41, 5.74) is 1.38. The number of likely N-dealkylation sites (N-methyl/N-ethyl adjacent to an activating group) is 1. The number of sulfonamides is 2. The lowest BCUT2D eigenvalue weighted by molar-refractivity contribution is -0.121. The highest BCUT2D eigenvalue weighted by Gasteiger charge is 2.27. The Kier molecular flexibility index (Phi) is 7.78. The summed E-state index contributed by atoms with van der Waals surface area (Å²) in [5.74, 6) is 0.105. The Morgan fingerprint density at radius 3 is 2.21 bits per heavy atom. The fraction of sp³-hybridized carbons (Fsp3) is 0.409. The van der Waals surface area contributed by atoms with Crippen molar-refractivity contribution in [1.29, 1.82) is 0 Å². The molecule has 2 aromatic carbocycles. The number of aryl methyl sites for hydroxylation is 1. The number of carbonyl (C=O) groups excluding carboxylic acids is 1. The Bertz CT molecular complexity index is 1210. The Morgan fingerprint density at radius 2 is 1.64 bits per heavy atom. The zero-order valence-corrected chi connectivity index (χ0v) is 20.6. The fourth-order valence-corrected chi connectivity index (χ4v) is 6.32. The maximum Gasteiger partial charge on any atom is 0.243 e. The molecule has 1 amide bonds. The summed E-state index contributed by atoms with van der Waals surface area (Å²) in [6.07, 6.45) is 1.73. The lowest BCUT2D eigenvalue weighted by Gasteiger charge is -2.18. The van der Waals surface area contributed by atoms with Crippen LogP contribution in [0.25, 0.3) is 0 Å². The monoisotopic (exact) mass is 495 g/mol. The quantitative estimate of drug-likeness (QED) is 0.567. The van der Waals surface area contributed by atoms with Crippen molar-refractivity contribution in [3.63, 3.8) is 0 Å². The van der Waals surface area contributed by atoms with Crippen molar-refractivity contribution in [1.82, 2.24) is 13.9 Å². The number of rotatable bonds is 9. The van der Waals surface area contributed by atoms with Gasteiger partial charge in [0.2, 0.25) is 26.0 Å². The van der Waals surface area contributed by atoms with E-state index < -0.39 is 26.0 Å². The second-order valence-corrected chi connectivity index (χ2v) is 11.9. The number of nitrogens with zero attached hydrogens (tertiary/aromatic N) is 2. The van der Waals surface area contributed by atoms with Gasteiger partial charge in [-0.2, -0.15) is 8.61 Å². The molecule has 180 valence electrons. The number of methoxy groups -OCH3 is 1. The third-order valence-corrected chi connectivity index (χ3v) is 9.27. The van der Waals surface area contributed by atoms with E-state index in [0.29, 0.717) is 30.0 Å². The molecular weight excluding hydrogens is 466 g/mol. The molecule has 33 heavy (non-hydrogen) atoms. The molecule has 0 aliphatic carbocycles. The molecule has 0 spiro atoms. The van der Waals surface area contributed by atoms with E-state index in [0.717, 1.165) is 17.1 Å². The minimum absolute atomic E-state index is 0.0749. The average molecular weight is 496 g/mol. The van der Waals surface area contributed by atoms with Gasteiger partial charge in [-0.15, -0.1) is 0 Å². The predicted octanol–water partition coefficient (Wildman–Crippen LogP) is 1.73. The van der Waals surface area contributed by atoms with E-state index in [-0.39, 0.29) is 22.9 Å². The largest absolute Gasteiger partial charge is 0.496 e. The molecule has 0 unspecified atom stereocenters. The van der Waals surface area contributed by atoms with Crippen molar-refractivity contribution < 1.29 is 26.4 Å². The van der Waals surface area contributed by atoms with E-state index in [1.807, 2.05) is 0 Å². The predicted molar refractivity (Wildman–Crippen MR) is 124 cm³/mol. The van der Waals surface area contributed by atoms with Crippen LogP contribution in [0.2, 0.25) is 0 Å². The smallest absolute Gasteiger partial charge is 0.243 e. The van der Waals surface area contributed by atoms with E-state index in [9.17, 15) is 21.6 Å². The average Bonchev–Trinajstić information content (AvgIpc) is 3.34. The summed E-state index contributed by atoms with van der Waals surface area (Å²) in [5, 5.41) is 2.67. The molecule has 1 heterocycles. The molecule has 9 nitrogen and oxygen atoms in total. The highest BCUT2D eigenvalue weighted by Crippen LogP contribution is 2.23. The van der Waals surface area contributed by atoms with Crippen LogP contribution < -0.4 is 10.1 Å². The first kappa shape index (κ1) is 25.2. The van der Waals surface area contributed by atoms with E-state index in [1.165, 1.54) is 42.7 Å². The van der Waals surface area contributed by atoms with Crippen molar-refractivity contribution in [3.05, 3.63) is 53.6 Å². The zero-order valence-electron chi connectivity index (χ0n) is 18.9. The highest BCUT2D eigenvalue weighted by molar-refractivity contribution is 7.89. The molecule has 0 bridgehead atoms. The van der Waals surface area contributed by atoms with Crippen molar-refractivity contribution in [3.8, 4) is 5.75 Å². The maximum absolute atomic E-state index is 12.8. The summed E-state index contributed by atoms with van der Waals surface area (Å²) in [7, 11) is -4.49. The van der Waals surface area contributed by atoms with E-state index in [4.69, 9.17) is 4.74 Å². The van der Waals surface area contributed by atoms with E-state index >= 15 is 0 Å². The highest BCUT2D eigenvalue weighted by atomic mass is 32.2. The molecule has 0 saturated carbocycles. The second-order valence-electron chi connectivity index (χ2n) is 7.92. The van der Waals surface area contributed by atoms with Crippen molar-refractivity contribution in [2.24, 2.45) is 0 Å². The zero-order chi connectivity index (χ0) is 24.2. The van der Waals surface area contributed by atoms with Gasteiger partial charge in [0.25, 0.3) is 0 Å². The van der Waals surface area contributed by atoms with Gasteiger partial charge in [-0.1, -0.05) is 12.1 Å². The van der Waals surface area contributed by atoms with Gasteiger partial charge in [0, 0.05) is 26.7 Å². The number of carbonyl (C=O) groups is 1. The van der Waals surface area contributed by atoms with Crippen LogP contribution in [0, 0.1) is 6.92 Å². The molecule has 0 atom stereocenters. The SMILES string of the molecule is COc1ccc(S(=O)(=O)N(C)CC(=O)NCc2ccc(S(=O)(=O)N3CCCC3)cc2)cc1C. The first-order chi connectivity index (χ1) is 15.6. The normalized spacial score (nSPS) is 15.0. The first-order valence-electron chi connectivity index (χ1n) is 10.5. The Labute approximate surface area is 195 Å². The summed E-state index contributed by atoms with van der Waals surface area (Å²) in [4.78, 5) is 12.6. The number of hydrogen-bond acceptors (Lipinski definition) is 6. The van der Waals surface area contributed by atoms with Crippen molar-refractivity contribution >= 4 is 26.0 Å². The molecule has 1 N–H and O–H groups in total. The van der Waals surface area contributed by atoms with Crippen LogP contribution in [-0.4, -0.2) is 65.1 Å². The summed E-state index contributed by atoms with van der Waals surface area (Å²) in [6, 6.07) is 10.8. The van der Waals surface area contributed by atoms with Crippen LogP contribution >= 0.6 is 0 Å². The lowest BCUT2D eigenvalue weighted by Crippen LogP contribution is -2.38. The molecule has 3 rings (SSSR count). The first-order valence-corrected chi connectivity index (χ1v) is 13.4. The van der Waals surface area contributed by atoms with Crippen LogP contribution in [0.5, 0.6) is 5.75 Å². The standard InChI is InChI=1S/C22H29N3O6S2/c1-17-14-20(10-11-21(17)31-3)32(27,28)24(2)16-22(26)23-15-18-6-8-19(9-7-18)33(29,30)25-12-4-5-13-25/h6-11,14H,4-5,12-13,15-16H2,1-3H3,(H,23,26). The van der Waals surface area contributed by atoms with Crippen LogP contribution in [0.15, 0.2) is 52.3 Å². The lowest BCUT2D eigenvalue weighted by atomic mass is 10.2. The second kappa shape index (κ2) is 10.2. The molecule has 11 heteroatoms. The topological polar surface area (TPSA) is 113 Å². The van der Waals surface area contributed by atoms with Gasteiger partial charge in [0.05, 0.1) is 23.4 Å². The van der Waals surface area contributed by atoms with Crippen LogP contribution in [0.1, 0.15) is 24.0 Å². The van der Waals surface area contributed by atoms with Gasteiger partial charge in [0.1, 0.15) is 5.75 Å². The number of benzene rings is 2. The molecule has 0 aromatic heterocycles. The third kappa shape index (κ3) is 5.72. The molecule has 1 aliphatic rings.